The van der Waals surface area contributed by atoms with E-state index in [-0.39, 0.29) is 5.75 Å². The molecule has 0 radical (unpaired) electrons. The summed E-state index contributed by atoms with van der Waals surface area (Å²) in [6.45, 7) is 6.37. The molecular weight excluding hydrogens is 298 g/mol. The summed E-state index contributed by atoms with van der Waals surface area (Å²) in [5, 5.41) is 0. The summed E-state index contributed by atoms with van der Waals surface area (Å²) in [4.78, 5) is 2.22. The first-order chi connectivity index (χ1) is 10.4. The Bertz CT molecular complexity index is 635. The fourth-order valence-corrected chi connectivity index (χ4v) is 4.32. The SMILES string of the molecule is CC1(C)CN(Cc2ccccc2OCC2CC2)CCS1(=O)=O. The fourth-order valence-electron chi connectivity index (χ4n) is 2.88. The number of benzene rings is 1. The molecule has 1 aliphatic carbocycles. The predicted octanol–water partition coefficient (Wildman–Crippen LogP) is 2.48. The molecule has 1 saturated heterocycles. The van der Waals surface area contributed by atoms with Gasteiger partial charge in [0.2, 0.25) is 0 Å². The molecule has 1 aromatic rings. The summed E-state index contributed by atoms with van der Waals surface area (Å²) in [7, 11) is -2.98. The predicted molar refractivity (Wildman–Crippen MR) is 87.8 cm³/mol. The van der Waals surface area contributed by atoms with Crippen LogP contribution in [0.4, 0.5) is 0 Å². The molecule has 22 heavy (non-hydrogen) atoms. The minimum absolute atomic E-state index is 0.241. The Balaban J connectivity index is 1.68. The number of rotatable bonds is 5. The first-order valence-corrected chi connectivity index (χ1v) is 9.68. The van der Waals surface area contributed by atoms with Crippen molar-refractivity contribution < 1.29 is 13.2 Å². The smallest absolute Gasteiger partial charge is 0.157 e. The molecule has 122 valence electrons. The van der Waals surface area contributed by atoms with Gasteiger partial charge >= 0.3 is 0 Å². The second kappa shape index (κ2) is 5.85. The Labute approximate surface area is 133 Å². The Morgan fingerprint density at radius 2 is 2.00 bits per heavy atom. The van der Waals surface area contributed by atoms with E-state index in [4.69, 9.17) is 4.74 Å². The molecule has 2 fully saturated rings. The van der Waals surface area contributed by atoms with Gasteiger partial charge < -0.3 is 4.74 Å². The second-order valence-electron chi connectivity index (χ2n) is 7.15. The molecule has 1 saturated carbocycles. The van der Waals surface area contributed by atoms with E-state index in [2.05, 4.69) is 11.0 Å². The second-order valence-corrected chi connectivity index (χ2v) is 9.89. The van der Waals surface area contributed by atoms with Crippen molar-refractivity contribution in [2.24, 2.45) is 5.92 Å². The molecule has 1 aromatic carbocycles. The maximum Gasteiger partial charge on any atom is 0.157 e. The normalized spacial score (nSPS) is 24.1. The van der Waals surface area contributed by atoms with Crippen LogP contribution < -0.4 is 4.74 Å². The van der Waals surface area contributed by atoms with Crippen LogP contribution in [0.15, 0.2) is 24.3 Å². The number of para-hydroxylation sites is 1. The third-order valence-electron chi connectivity index (χ3n) is 4.66. The molecule has 4 nitrogen and oxygen atoms in total. The molecule has 0 unspecified atom stereocenters. The molecule has 3 rings (SSSR count). The fraction of sp³-hybridized carbons (Fsp3) is 0.647. The van der Waals surface area contributed by atoms with E-state index in [0.29, 0.717) is 13.1 Å². The minimum Gasteiger partial charge on any atom is -0.493 e. The lowest BCUT2D eigenvalue weighted by molar-refractivity contribution is 0.233. The van der Waals surface area contributed by atoms with Crippen LogP contribution in [-0.4, -0.2) is 43.5 Å². The minimum atomic E-state index is -2.98. The first kappa shape index (κ1) is 15.8. The molecule has 0 spiro atoms. The lowest BCUT2D eigenvalue weighted by Crippen LogP contribution is -2.52. The maximum absolute atomic E-state index is 12.1. The molecule has 0 atom stereocenters. The van der Waals surface area contributed by atoms with Gasteiger partial charge in [0.1, 0.15) is 5.75 Å². The molecule has 2 aliphatic rings. The van der Waals surface area contributed by atoms with Gasteiger partial charge in [0, 0.05) is 25.2 Å². The van der Waals surface area contributed by atoms with Gasteiger partial charge in [-0.15, -0.1) is 0 Å². The molecular formula is C17H25NO3S. The van der Waals surface area contributed by atoms with Crippen molar-refractivity contribution in [2.75, 3.05) is 25.4 Å². The van der Waals surface area contributed by atoms with Crippen molar-refractivity contribution in [3.63, 3.8) is 0 Å². The highest BCUT2D eigenvalue weighted by atomic mass is 32.2. The van der Waals surface area contributed by atoms with Gasteiger partial charge in [-0.1, -0.05) is 18.2 Å². The summed E-state index contributed by atoms with van der Waals surface area (Å²) in [5.74, 6) is 1.92. The van der Waals surface area contributed by atoms with Gasteiger partial charge in [0.15, 0.2) is 9.84 Å². The van der Waals surface area contributed by atoms with Gasteiger partial charge in [0.05, 0.1) is 17.1 Å². The Hall–Kier alpha value is -1.07. The summed E-state index contributed by atoms with van der Waals surface area (Å²) < 4.78 is 29.5. The van der Waals surface area contributed by atoms with Crippen LogP contribution in [0.2, 0.25) is 0 Å². The largest absolute Gasteiger partial charge is 0.493 e. The highest BCUT2D eigenvalue weighted by Crippen LogP contribution is 2.31. The van der Waals surface area contributed by atoms with Crippen LogP contribution in [0, 0.1) is 5.92 Å². The van der Waals surface area contributed by atoms with Crippen molar-refractivity contribution >= 4 is 9.84 Å². The summed E-state index contributed by atoms with van der Waals surface area (Å²) in [6.07, 6.45) is 2.56. The lowest BCUT2D eigenvalue weighted by Gasteiger charge is -2.37. The average molecular weight is 323 g/mol. The van der Waals surface area contributed by atoms with Gasteiger partial charge in [-0.3, -0.25) is 4.90 Å². The molecule has 0 aromatic heterocycles. The highest BCUT2D eigenvalue weighted by Gasteiger charge is 2.40. The maximum atomic E-state index is 12.1. The number of hydrogen-bond acceptors (Lipinski definition) is 4. The molecule has 0 N–H and O–H groups in total. The van der Waals surface area contributed by atoms with Crippen molar-refractivity contribution in [3.8, 4) is 5.75 Å². The summed E-state index contributed by atoms with van der Waals surface area (Å²) >= 11 is 0. The van der Waals surface area contributed by atoms with E-state index in [1.54, 1.807) is 0 Å². The standard InChI is InChI=1S/C17H25NO3S/c1-17(2)13-18(9-10-22(17,19)20)11-15-5-3-4-6-16(15)21-12-14-7-8-14/h3-6,14H,7-13H2,1-2H3. The highest BCUT2D eigenvalue weighted by molar-refractivity contribution is 7.92. The Kier molecular flexibility index (Phi) is 4.21. The Morgan fingerprint density at radius 3 is 2.68 bits per heavy atom. The van der Waals surface area contributed by atoms with Crippen LogP contribution in [0.25, 0.3) is 0 Å². The molecule has 1 heterocycles. The number of sulfone groups is 1. The van der Waals surface area contributed by atoms with Crippen LogP contribution in [0.3, 0.4) is 0 Å². The lowest BCUT2D eigenvalue weighted by atomic mass is 10.1. The van der Waals surface area contributed by atoms with Crippen LogP contribution in [-0.2, 0) is 16.4 Å². The zero-order valence-electron chi connectivity index (χ0n) is 13.4. The van der Waals surface area contributed by atoms with E-state index >= 15 is 0 Å². The summed E-state index contributed by atoms with van der Waals surface area (Å²) in [5.41, 5.74) is 1.15. The monoisotopic (exact) mass is 323 g/mol. The number of hydrogen-bond donors (Lipinski definition) is 0. The first-order valence-electron chi connectivity index (χ1n) is 8.03. The molecule has 0 bridgehead atoms. The van der Waals surface area contributed by atoms with E-state index in [1.165, 1.54) is 12.8 Å². The van der Waals surface area contributed by atoms with Gasteiger partial charge in [-0.2, -0.15) is 0 Å². The number of nitrogens with zero attached hydrogens (tertiary/aromatic N) is 1. The van der Waals surface area contributed by atoms with E-state index in [1.807, 2.05) is 32.0 Å². The van der Waals surface area contributed by atoms with Crippen molar-refractivity contribution in [1.82, 2.24) is 4.90 Å². The van der Waals surface area contributed by atoms with Gasteiger partial charge in [-0.25, -0.2) is 8.42 Å². The quantitative estimate of drug-likeness (QED) is 0.835. The average Bonchev–Trinajstić information content (AvgIpc) is 3.26. The molecule has 5 heteroatoms. The van der Waals surface area contributed by atoms with Crippen molar-refractivity contribution in [2.45, 2.75) is 38.0 Å². The number of ether oxygens (including phenoxy) is 1. The van der Waals surface area contributed by atoms with Gasteiger partial charge in [0.25, 0.3) is 0 Å². The molecule has 0 amide bonds. The summed E-state index contributed by atoms with van der Waals surface area (Å²) in [6, 6.07) is 8.11. The Morgan fingerprint density at radius 1 is 1.27 bits per heavy atom. The molecule has 1 aliphatic heterocycles. The van der Waals surface area contributed by atoms with Gasteiger partial charge in [-0.05, 0) is 38.7 Å². The third kappa shape index (κ3) is 3.46. The zero-order chi connectivity index (χ0) is 15.8. The van der Waals surface area contributed by atoms with Crippen molar-refractivity contribution in [3.05, 3.63) is 29.8 Å². The van der Waals surface area contributed by atoms with Crippen LogP contribution >= 0.6 is 0 Å². The zero-order valence-corrected chi connectivity index (χ0v) is 14.2. The van der Waals surface area contributed by atoms with E-state index < -0.39 is 14.6 Å². The third-order valence-corrected chi connectivity index (χ3v) is 7.19. The van der Waals surface area contributed by atoms with Crippen LogP contribution in [0.5, 0.6) is 5.75 Å². The van der Waals surface area contributed by atoms with E-state index in [0.717, 1.165) is 30.4 Å². The van der Waals surface area contributed by atoms with Crippen LogP contribution in [0.1, 0.15) is 32.3 Å². The topological polar surface area (TPSA) is 46.6 Å². The van der Waals surface area contributed by atoms with E-state index in [9.17, 15) is 8.42 Å². The van der Waals surface area contributed by atoms with Crippen molar-refractivity contribution in [1.29, 1.82) is 0 Å².